The topological polar surface area (TPSA) is 4.41 Å². The predicted octanol–water partition coefficient (Wildman–Crippen LogP) is 7.74. The van der Waals surface area contributed by atoms with Gasteiger partial charge in [-0.05, 0) is 65.3 Å². The molecule has 5 rings (SSSR count). The normalized spacial score (nSPS) is 13.5. The van der Waals surface area contributed by atoms with Gasteiger partial charge < -0.3 is 4.40 Å². The molecule has 2 heterocycles. The van der Waals surface area contributed by atoms with Crippen molar-refractivity contribution in [3.05, 3.63) is 65.2 Å². The maximum atomic E-state index is 2.48. The number of nitrogens with zero attached hydrogens (tertiary/aromatic N) is 1. The first kappa shape index (κ1) is 17.6. The van der Waals surface area contributed by atoms with E-state index in [1.807, 2.05) is 0 Å². The maximum absolute atomic E-state index is 2.48. The average molecular weight is 368 g/mol. The van der Waals surface area contributed by atoms with E-state index in [2.05, 4.69) is 101 Å². The highest BCUT2D eigenvalue weighted by molar-refractivity contribution is 6.23. The molecule has 0 aliphatic rings. The SMILES string of the molecule is Cc1ccc2c(c1)c1cc(C(C)(C)C)cc3c4cc(C(C)(C)C)ccc4n2c13. The Bertz CT molecular complexity index is 1370. The highest BCUT2D eigenvalue weighted by Gasteiger charge is 2.23. The van der Waals surface area contributed by atoms with Crippen molar-refractivity contribution in [2.75, 3.05) is 0 Å². The second-order valence-electron chi connectivity index (χ2n) is 10.5. The summed E-state index contributed by atoms with van der Waals surface area (Å²) in [6.45, 7) is 16.0. The number of aryl methyl sites for hydroxylation is 1. The summed E-state index contributed by atoms with van der Waals surface area (Å²) >= 11 is 0. The zero-order valence-corrected chi connectivity index (χ0v) is 18.1. The second-order valence-corrected chi connectivity index (χ2v) is 10.5. The van der Waals surface area contributed by atoms with Crippen LogP contribution in [0.5, 0.6) is 0 Å². The Hall–Kier alpha value is -2.54. The summed E-state index contributed by atoms with van der Waals surface area (Å²) < 4.78 is 2.48. The molecule has 0 bridgehead atoms. The van der Waals surface area contributed by atoms with Gasteiger partial charge in [0.15, 0.2) is 0 Å². The summed E-state index contributed by atoms with van der Waals surface area (Å²) in [5, 5.41) is 5.51. The Balaban J connectivity index is 2.06. The van der Waals surface area contributed by atoms with E-state index in [1.165, 1.54) is 54.8 Å². The van der Waals surface area contributed by atoms with Crippen molar-refractivity contribution < 1.29 is 0 Å². The van der Waals surface area contributed by atoms with Crippen LogP contribution in [0.15, 0.2) is 48.5 Å². The molecule has 0 spiro atoms. The van der Waals surface area contributed by atoms with Crippen LogP contribution in [0, 0.1) is 6.92 Å². The molecule has 0 radical (unpaired) electrons. The monoisotopic (exact) mass is 367 g/mol. The molecule has 0 unspecified atom stereocenters. The zero-order valence-electron chi connectivity index (χ0n) is 18.1. The zero-order chi connectivity index (χ0) is 20.0. The Labute approximate surface area is 167 Å². The molecule has 142 valence electrons. The van der Waals surface area contributed by atoms with Gasteiger partial charge in [0.1, 0.15) is 0 Å². The fraction of sp³-hybridized carbons (Fsp3) is 0.333. The van der Waals surface area contributed by atoms with Gasteiger partial charge in [0.25, 0.3) is 0 Å². The first-order valence-electron chi connectivity index (χ1n) is 10.3. The summed E-state index contributed by atoms with van der Waals surface area (Å²) in [7, 11) is 0. The van der Waals surface area contributed by atoms with Gasteiger partial charge in [-0.1, -0.05) is 59.2 Å². The summed E-state index contributed by atoms with van der Waals surface area (Å²) in [4.78, 5) is 0. The van der Waals surface area contributed by atoms with E-state index >= 15 is 0 Å². The molecule has 0 aliphatic carbocycles. The third-order valence-electron chi connectivity index (χ3n) is 6.28. The van der Waals surface area contributed by atoms with E-state index in [0.717, 1.165) is 0 Å². The molecule has 0 aliphatic heterocycles. The maximum Gasteiger partial charge on any atom is 0.0620 e. The Morgan fingerprint density at radius 3 is 1.64 bits per heavy atom. The van der Waals surface area contributed by atoms with Crippen molar-refractivity contribution in [3.8, 4) is 0 Å². The molecule has 1 nitrogen and oxygen atoms in total. The van der Waals surface area contributed by atoms with E-state index in [4.69, 9.17) is 0 Å². The van der Waals surface area contributed by atoms with Crippen molar-refractivity contribution >= 4 is 38.1 Å². The predicted molar refractivity (Wildman–Crippen MR) is 123 cm³/mol. The van der Waals surface area contributed by atoms with Gasteiger partial charge in [-0.3, -0.25) is 0 Å². The molecule has 0 amide bonds. The highest BCUT2D eigenvalue weighted by Crippen LogP contribution is 2.42. The number of benzene rings is 3. The standard InChI is InChI=1S/C27H29N/c1-16-8-10-23-19(12-16)21-14-18(27(5,6)7)15-22-20-13-17(26(2,3)4)9-11-24(20)28(23)25(21)22/h8-15H,1-7H3. The number of aromatic nitrogens is 1. The molecular weight excluding hydrogens is 338 g/mol. The van der Waals surface area contributed by atoms with Gasteiger partial charge in [0, 0.05) is 21.5 Å². The van der Waals surface area contributed by atoms with Gasteiger partial charge in [-0.15, -0.1) is 0 Å². The van der Waals surface area contributed by atoms with Gasteiger partial charge in [-0.25, -0.2) is 0 Å². The lowest BCUT2D eigenvalue weighted by Crippen LogP contribution is -2.11. The van der Waals surface area contributed by atoms with Crippen LogP contribution in [0.1, 0.15) is 58.2 Å². The molecule has 28 heavy (non-hydrogen) atoms. The first-order valence-corrected chi connectivity index (χ1v) is 10.3. The average Bonchev–Trinajstić information content (AvgIpc) is 3.10. The lowest BCUT2D eigenvalue weighted by Gasteiger charge is -2.20. The minimum absolute atomic E-state index is 0.118. The Morgan fingerprint density at radius 1 is 0.571 bits per heavy atom. The van der Waals surface area contributed by atoms with Gasteiger partial charge in [0.05, 0.1) is 16.6 Å². The van der Waals surface area contributed by atoms with Gasteiger partial charge in [-0.2, -0.15) is 0 Å². The summed E-state index contributed by atoms with van der Waals surface area (Å²) in [6.07, 6.45) is 0. The number of rotatable bonds is 0. The molecule has 1 heteroatoms. The van der Waals surface area contributed by atoms with E-state index in [9.17, 15) is 0 Å². The fourth-order valence-electron chi connectivity index (χ4n) is 4.56. The highest BCUT2D eigenvalue weighted by atomic mass is 14.9. The molecule has 5 aromatic rings. The molecule has 0 saturated heterocycles. The molecular formula is C27H29N. The number of hydrogen-bond acceptors (Lipinski definition) is 0. The quantitative estimate of drug-likeness (QED) is 0.264. The Morgan fingerprint density at radius 2 is 1.07 bits per heavy atom. The molecule has 2 aromatic heterocycles. The lowest BCUT2D eigenvalue weighted by atomic mass is 9.84. The van der Waals surface area contributed by atoms with Crippen molar-refractivity contribution in [2.45, 2.75) is 59.3 Å². The van der Waals surface area contributed by atoms with Crippen LogP contribution in [-0.2, 0) is 10.8 Å². The number of fused-ring (bicyclic) bond motifs is 6. The van der Waals surface area contributed by atoms with E-state index in [-0.39, 0.29) is 10.8 Å². The molecule has 0 atom stereocenters. The van der Waals surface area contributed by atoms with E-state index in [1.54, 1.807) is 0 Å². The van der Waals surface area contributed by atoms with Crippen LogP contribution >= 0.6 is 0 Å². The number of hydrogen-bond donors (Lipinski definition) is 0. The van der Waals surface area contributed by atoms with Crippen LogP contribution in [-0.4, -0.2) is 4.40 Å². The van der Waals surface area contributed by atoms with E-state index < -0.39 is 0 Å². The van der Waals surface area contributed by atoms with E-state index in [0.29, 0.717) is 0 Å². The fourth-order valence-corrected chi connectivity index (χ4v) is 4.56. The van der Waals surface area contributed by atoms with Gasteiger partial charge in [0.2, 0.25) is 0 Å². The van der Waals surface area contributed by atoms with Crippen molar-refractivity contribution in [1.29, 1.82) is 0 Å². The molecule has 0 saturated carbocycles. The smallest absolute Gasteiger partial charge is 0.0620 e. The van der Waals surface area contributed by atoms with Crippen LogP contribution in [0.4, 0.5) is 0 Å². The Kier molecular flexibility index (Phi) is 3.31. The second kappa shape index (κ2) is 5.29. The van der Waals surface area contributed by atoms with Crippen LogP contribution in [0.2, 0.25) is 0 Å². The van der Waals surface area contributed by atoms with Gasteiger partial charge >= 0.3 is 0 Å². The van der Waals surface area contributed by atoms with Crippen LogP contribution < -0.4 is 0 Å². The third-order valence-corrected chi connectivity index (χ3v) is 6.28. The van der Waals surface area contributed by atoms with Crippen molar-refractivity contribution in [1.82, 2.24) is 4.40 Å². The van der Waals surface area contributed by atoms with Crippen molar-refractivity contribution in [3.63, 3.8) is 0 Å². The third kappa shape index (κ3) is 2.32. The molecule has 3 aromatic carbocycles. The minimum Gasteiger partial charge on any atom is -0.308 e. The minimum atomic E-state index is 0.118. The summed E-state index contributed by atoms with van der Waals surface area (Å²) in [6, 6.07) is 18.8. The van der Waals surface area contributed by atoms with Crippen LogP contribution in [0.25, 0.3) is 38.1 Å². The summed E-state index contributed by atoms with van der Waals surface area (Å²) in [5.74, 6) is 0. The largest absolute Gasteiger partial charge is 0.308 e. The molecule has 0 N–H and O–H groups in total. The van der Waals surface area contributed by atoms with Crippen LogP contribution in [0.3, 0.4) is 0 Å². The first-order chi connectivity index (χ1) is 13.1. The summed E-state index contributed by atoms with van der Waals surface area (Å²) in [5.41, 5.74) is 8.39. The lowest BCUT2D eigenvalue weighted by molar-refractivity contribution is 0.590. The molecule has 0 fully saturated rings. The van der Waals surface area contributed by atoms with Crippen molar-refractivity contribution in [2.24, 2.45) is 0 Å².